The Morgan fingerprint density at radius 2 is 2.33 bits per heavy atom. The third-order valence-corrected chi connectivity index (χ3v) is 3.20. The van der Waals surface area contributed by atoms with E-state index in [1.54, 1.807) is 18.2 Å². The van der Waals surface area contributed by atoms with E-state index in [-0.39, 0.29) is 24.2 Å². The van der Waals surface area contributed by atoms with E-state index in [1.165, 1.54) is 0 Å². The number of hydrogen-bond acceptors (Lipinski definition) is 3. The zero-order valence-electron chi connectivity index (χ0n) is 9.37. The third kappa shape index (κ3) is 2.68. The lowest BCUT2D eigenvalue weighted by atomic mass is 10.1. The van der Waals surface area contributed by atoms with Crippen LogP contribution in [0, 0.1) is 17.2 Å². The van der Waals surface area contributed by atoms with Crippen LogP contribution in [-0.4, -0.2) is 18.4 Å². The van der Waals surface area contributed by atoms with Crippen LogP contribution >= 0.6 is 15.9 Å². The van der Waals surface area contributed by atoms with Gasteiger partial charge in [-0.1, -0.05) is 15.9 Å². The molecular formula is C12H10BrN3O2. The average Bonchev–Trinajstić information content (AvgIpc) is 2.76. The molecular weight excluding hydrogens is 298 g/mol. The van der Waals surface area contributed by atoms with Crippen molar-refractivity contribution in [3.05, 3.63) is 28.2 Å². The molecule has 0 aliphatic carbocycles. The first kappa shape index (κ1) is 12.6. The van der Waals surface area contributed by atoms with E-state index in [1.807, 2.05) is 6.07 Å². The van der Waals surface area contributed by atoms with Gasteiger partial charge in [-0.15, -0.1) is 0 Å². The van der Waals surface area contributed by atoms with Crippen molar-refractivity contribution in [2.75, 3.05) is 11.9 Å². The molecule has 0 spiro atoms. The third-order valence-electron chi connectivity index (χ3n) is 2.71. The summed E-state index contributed by atoms with van der Waals surface area (Å²) in [7, 11) is 0. The number of nitrogens with one attached hydrogen (secondary N) is 2. The molecule has 1 aromatic rings. The van der Waals surface area contributed by atoms with Crippen LogP contribution in [-0.2, 0) is 9.59 Å². The van der Waals surface area contributed by atoms with Gasteiger partial charge in [-0.3, -0.25) is 9.59 Å². The summed E-state index contributed by atoms with van der Waals surface area (Å²) in [6.45, 7) is 0.348. The fraction of sp³-hybridized carbons (Fsp3) is 0.250. The number of hydrogen-bond donors (Lipinski definition) is 2. The number of amides is 2. The van der Waals surface area contributed by atoms with Gasteiger partial charge >= 0.3 is 0 Å². The zero-order chi connectivity index (χ0) is 13.1. The van der Waals surface area contributed by atoms with Gasteiger partial charge in [0.05, 0.1) is 17.2 Å². The number of anilines is 1. The molecule has 1 aliphatic rings. The maximum Gasteiger partial charge on any atom is 0.229 e. The molecule has 1 aliphatic heterocycles. The molecule has 0 aromatic heterocycles. The van der Waals surface area contributed by atoms with E-state index in [4.69, 9.17) is 5.26 Å². The Balaban J connectivity index is 2.14. The SMILES string of the molecule is N#Cc1ccc(Br)cc1NC(=O)C1CNC(=O)C1. The summed E-state index contributed by atoms with van der Waals surface area (Å²) in [6.07, 6.45) is 0.196. The molecule has 18 heavy (non-hydrogen) atoms. The van der Waals surface area contributed by atoms with Crippen LogP contribution in [0.3, 0.4) is 0 Å². The smallest absolute Gasteiger partial charge is 0.229 e. The minimum absolute atomic E-state index is 0.120. The van der Waals surface area contributed by atoms with Gasteiger partial charge < -0.3 is 10.6 Å². The highest BCUT2D eigenvalue weighted by molar-refractivity contribution is 9.10. The maximum absolute atomic E-state index is 11.9. The van der Waals surface area contributed by atoms with Gasteiger partial charge in [0.15, 0.2) is 0 Å². The molecule has 1 aromatic carbocycles. The Kier molecular flexibility index (Phi) is 3.63. The molecule has 2 rings (SSSR count). The monoisotopic (exact) mass is 307 g/mol. The van der Waals surface area contributed by atoms with Crippen LogP contribution in [0.15, 0.2) is 22.7 Å². The van der Waals surface area contributed by atoms with Crippen LogP contribution in [0.5, 0.6) is 0 Å². The minimum atomic E-state index is -0.372. The molecule has 0 bridgehead atoms. The highest BCUT2D eigenvalue weighted by Gasteiger charge is 2.28. The average molecular weight is 308 g/mol. The van der Waals surface area contributed by atoms with Gasteiger partial charge in [0, 0.05) is 17.4 Å². The lowest BCUT2D eigenvalue weighted by molar-refractivity contribution is -0.123. The summed E-state index contributed by atoms with van der Waals surface area (Å²) in [5, 5.41) is 14.2. The van der Waals surface area contributed by atoms with Gasteiger partial charge in [0.2, 0.25) is 11.8 Å². The number of carbonyl (C=O) groups excluding carboxylic acids is 2. The van der Waals surface area contributed by atoms with Crippen LogP contribution in [0.4, 0.5) is 5.69 Å². The quantitative estimate of drug-likeness (QED) is 0.866. The zero-order valence-corrected chi connectivity index (χ0v) is 11.0. The fourth-order valence-corrected chi connectivity index (χ4v) is 2.10. The summed E-state index contributed by atoms with van der Waals surface area (Å²) < 4.78 is 0.775. The van der Waals surface area contributed by atoms with Crippen molar-refractivity contribution in [2.24, 2.45) is 5.92 Å². The van der Waals surface area contributed by atoms with Crippen molar-refractivity contribution in [1.29, 1.82) is 5.26 Å². The van der Waals surface area contributed by atoms with Crippen LogP contribution in [0.2, 0.25) is 0 Å². The molecule has 2 N–H and O–H groups in total. The largest absolute Gasteiger partial charge is 0.355 e. The maximum atomic E-state index is 11.9. The van der Waals surface area contributed by atoms with Gasteiger partial charge in [-0.05, 0) is 18.2 Å². The summed E-state index contributed by atoms with van der Waals surface area (Å²) in [5.74, 6) is -0.740. The minimum Gasteiger partial charge on any atom is -0.355 e. The first-order valence-corrected chi connectivity index (χ1v) is 6.16. The molecule has 5 nitrogen and oxygen atoms in total. The summed E-state index contributed by atoms with van der Waals surface area (Å²) in [4.78, 5) is 22.9. The van der Waals surface area contributed by atoms with E-state index in [9.17, 15) is 9.59 Å². The number of benzene rings is 1. The van der Waals surface area contributed by atoms with E-state index in [0.29, 0.717) is 17.8 Å². The molecule has 92 valence electrons. The lowest BCUT2D eigenvalue weighted by Gasteiger charge is -2.10. The molecule has 1 heterocycles. The molecule has 2 amide bonds. The second kappa shape index (κ2) is 5.19. The Morgan fingerprint density at radius 3 is 2.94 bits per heavy atom. The molecule has 6 heteroatoms. The Morgan fingerprint density at radius 1 is 1.56 bits per heavy atom. The molecule has 0 radical (unpaired) electrons. The second-order valence-corrected chi connectivity index (χ2v) is 4.91. The summed E-state index contributed by atoms with van der Waals surface area (Å²) >= 11 is 3.28. The topological polar surface area (TPSA) is 82.0 Å². The van der Waals surface area contributed by atoms with Crippen LogP contribution < -0.4 is 10.6 Å². The van der Waals surface area contributed by atoms with E-state index >= 15 is 0 Å². The lowest BCUT2D eigenvalue weighted by Crippen LogP contribution is -2.25. The van der Waals surface area contributed by atoms with E-state index in [2.05, 4.69) is 26.6 Å². The molecule has 1 unspecified atom stereocenters. The Bertz CT molecular complexity index is 551. The Hall–Kier alpha value is -1.87. The van der Waals surface area contributed by atoms with Crippen molar-refractivity contribution in [3.8, 4) is 6.07 Å². The number of halogens is 1. The number of nitriles is 1. The molecule has 1 atom stereocenters. The fourth-order valence-electron chi connectivity index (χ4n) is 1.74. The van der Waals surface area contributed by atoms with Crippen molar-refractivity contribution in [2.45, 2.75) is 6.42 Å². The van der Waals surface area contributed by atoms with E-state index in [0.717, 1.165) is 4.47 Å². The van der Waals surface area contributed by atoms with Crippen molar-refractivity contribution < 1.29 is 9.59 Å². The van der Waals surface area contributed by atoms with Gasteiger partial charge in [0.1, 0.15) is 6.07 Å². The van der Waals surface area contributed by atoms with Gasteiger partial charge in [-0.2, -0.15) is 5.26 Å². The van der Waals surface area contributed by atoms with E-state index < -0.39 is 0 Å². The standard InChI is InChI=1S/C12H10BrN3O2/c13-9-2-1-7(5-14)10(4-9)16-12(18)8-3-11(17)15-6-8/h1-2,4,8H,3,6H2,(H,15,17)(H,16,18). The normalized spacial score (nSPS) is 18.0. The van der Waals surface area contributed by atoms with Crippen molar-refractivity contribution >= 4 is 33.4 Å². The number of nitrogens with zero attached hydrogens (tertiary/aromatic N) is 1. The predicted octanol–water partition coefficient (Wildman–Crippen LogP) is 1.40. The molecule has 1 fully saturated rings. The highest BCUT2D eigenvalue weighted by Crippen LogP contribution is 2.22. The first-order valence-electron chi connectivity index (χ1n) is 5.37. The van der Waals surface area contributed by atoms with Crippen LogP contribution in [0.1, 0.15) is 12.0 Å². The number of carbonyl (C=O) groups is 2. The van der Waals surface area contributed by atoms with Crippen molar-refractivity contribution in [1.82, 2.24) is 5.32 Å². The number of rotatable bonds is 2. The van der Waals surface area contributed by atoms with Crippen LogP contribution in [0.25, 0.3) is 0 Å². The van der Waals surface area contributed by atoms with Crippen molar-refractivity contribution in [3.63, 3.8) is 0 Å². The Labute approximate surface area is 112 Å². The van der Waals surface area contributed by atoms with Gasteiger partial charge in [0.25, 0.3) is 0 Å². The predicted molar refractivity (Wildman–Crippen MR) is 68.6 cm³/mol. The second-order valence-electron chi connectivity index (χ2n) is 4.00. The molecule has 1 saturated heterocycles. The summed E-state index contributed by atoms with van der Waals surface area (Å²) in [5.41, 5.74) is 0.847. The first-order chi connectivity index (χ1) is 8.60. The summed E-state index contributed by atoms with van der Waals surface area (Å²) in [6, 6.07) is 7.03. The molecule has 0 saturated carbocycles. The van der Waals surface area contributed by atoms with Gasteiger partial charge in [-0.25, -0.2) is 0 Å². The highest BCUT2D eigenvalue weighted by atomic mass is 79.9.